The molecule has 0 aliphatic carbocycles. The first-order chi connectivity index (χ1) is 18.5. The number of hydrogen-bond acceptors (Lipinski definition) is 6. The molecule has 7 nitrogen and oxygen atoms in total. The number of ketones is 1. The third kappa shape index (κ3) is 3.22. The Bertz CT molecular complexity index is 1800. The molecule has 2 unspecified atom stereocenters. The first-order valence-corrected chi connectivity index (χ1v) is 12.3. The average Bonchev–Trinajstić information content (AvgIpc) is 3.63. The van der Waals surface area contributed by atoms with Gasteiger partial charge in [0.15, 0.2) is 5.76 Å². The summed E-state index contributed by atoms with van der Waals surface area (Å²) in [5, 5.41) is 8.85. The highest BCUT2D eigenvalue weighted by Gasteiger charge is 2.59. The number of furan rings is 1. The highest BCUT2D eigenvalue weighted by Crippen LogP contribution is 2.39. The van der Waals surface area contributed by atoms with Crippen LogP contribution in [0.15, 0.2) is 107 Å². The Morgan fingerprint density at radius 3 is 2.32 bits per heavy atom. The van der Waals surface area contributed by atoms with Crippen molar-refractivity contribution in [1.29, 1.82) is 0 Å². The predicted octanol–water partition coefficient (Wildman–Crippen LogP) is 5.51. The molecule has 4 aromatic carbocycles. The predicted molar refractivity (Wildman–Crippen MR) is 145 cm³/mol. The average molecular weight is 500 g/mol. The molecule has 0 saturated carbocycles. The fourth-order valence-electron chi connectivity index (χ4n) is 5.38. The number of carbonyl (C=O) groups excluding carboxylic acids is 3. The lowest BCUT2D eigenvalue weighted by atomic mass is 9.94. The molecular formula is C31H21N3O4. The number of imide groups is 1. The number of hydrogen-bond donors (Lipinski definition) is 0. The summed E-state index contributed by atoms with van der Waals surface area (Å²) in [5.74, 6) is -2.38. The van der Waals surface area contributed by atoms with Crippen LogP contribution in [0.1, 0.15) is 16.1 Å². The number of hydrazone groups is 1. The summed E-state index contributed by atoms with van der Waals surface area (Å²) in [5.41, 5.74) is 2.66. The summed E-state index contributed by atoms with van der Waals surface area (Å²) in [6, 6.07) is 28.6. The molecule has 5 aromatic rings. The van der Waals surface area contributed by atoms with Crippen molar-refractivity contribution in [3.63, 3.8) is 0 Å². The van der Waals surface area contributed by atoms with Gasteiger partial charge < -0.3 is 4.42 Å². The van der Waals surface area contributed by atoms with Crippen LogP contribution in [0.5, 0.6) is 0 Å². The molecule has 38 heavy (non-hydrogen) atoms. The van der Waals surface area contributed by atoms with Gasteiger partial charge in [-0.05, 0) is 54.1 Å². The first kappa shape index (κ1) is 22.2. The van der Waals surface area contributed by atoms with Gasteiger partial charge in [-0.15, -0.1) is 0 Å². The summed E-state index contributed by atoms with van der Waals surface area (Å²) in [6.45, 7) is 1.93. The van der Waals surface area contributed by atoms with Gasteiger partial charge in [0.05, 0.1) is 11.4 Å². The fraction of sp³-hybridized carbons (Fsp3) is 0.0968. The van der Waals surface area contributed by atoms with Crippen LogP contribution in [-0.2, 0) is 9.59 Å². The molecular weight excluding hydrogens is 478 g/mol. The second kappa shape index (κ2) is 8.24. The van der Waals surface area contributed by atoms with E-state index in [1.54, 1.807) is 30.3 Å². The van der Waals surface area contributed by atoms with Crippen molar-refractivity contribution in [3.8, 4) is 0 Å². The molecule has 0 radical (unpaired) electrons. The van der Waals surface area contributed by atoms with E-state index in [1.165, 1.54) is 9.91 Å². The number of rotatable bonds is 4. The Morgan fingerprint density at radius 1 is 0.789 bits per heavy atom. The molecule has 2 aliphatic heterocycles. The van der Waals surface area contributed by atoms with Crippen molar-refractivity contribution in [1.82, 2.24) is 0 Å². The van der Waals surface area contributed by atoms with E-state index >= 15 is 0 Å². The Labute approximate surface area is 217 Å². The Hall–Kier alpha value is -5.04. The van der Waals surface area contributed by atoms with E-state index in [2.05, 4.69) is 5.10 Å². The maximum absolute atomic E-state index is 13.9. The lowest BCUT2D eigenvalue weighted by Crippen LogP contribution is -2.39. The van der Waals surface area contributed by atoms with E-state index in [4.69, 9.17) is 4.42 Å². The first-order valence-electron chi connectivity index (χ1n) is 12.3. The summed E-state index contributed by atoms with van der Waals surface area (Å²) in [6.07, 6.45) is 0. The number of aryl methyl sites for hydroxylation is 1. The minimum absolute atomic E-state index is 0.00447. The van der Waals surface area contributed by atoms with Gasteiger partial charge in [0.25, 0.3) is 5.91 Å². The molecule has 3 heterocycles. The van der Waals surface area contributed by atoms with Crippen LogP contribution in [0.3, 0.4) is 0 Å². The monoisotopic (exact) mass is 499 g/mol. The molecule has 0 spiro atoms. The maximum atomic E-state index is 13.9. The molecule has 1 aromatic heterocycles. The van der Waals surface area contributed by atoms with Gasteiger partial charge in [-0.25, -0.2) is 4.90 Å². The highest BCUT2D eigenvalue weighted by molar-refractivity contribution is 6.53. The third-order valence-electron chi connectivity index (χ3n) is 7.24. The largest absolute Gasteiger partial charge is 0.453 e. The van der Waals surface area contributed by atoms with Crippen LogP contribution < -0.4 is 9.91 Å². The lowest BCUT2D eigenvalue weighted by Gasteiger charge is -2.22. The third-order valence-corrected chi connectivity index (χ3v) is 7.24. The fourth-order valence-corrected chi connectivity index (χ4v) is 5.38. The van der Waals surface area contributed by atoms with E-state index in [1.807, 2.05) is 73.7 Å². The van der Waals surface area contributed by atoms with E-state index in [0.29, 0.717) is 17.0 Å². The van der Waals surface area contributed by atoms with Gasteiger partial charge >= 0.3 is 0 Å². The van der Waals surface area contributed by atoms with Gasteiger partial charge in [0.2, 0.25) is 11.7 Å². The topological polar surface area (TPSA) is 83.2 Å². The van der Waals surface area contributed by atoms with E-state index in [9.17, 15) is 14.4 Å². The Balaban J connectivity index is 1.34. The van der Waals surface area contributed by atoms with Crippen LogP contribution >= 0.6 is 0 Å². The number of fused-ring (bicyclic) bond motifs is 4. The van der Waals surface area contributed by atoms with Crippen molar-refractivity contribution in [2.24, 2.45) is 11.0 Å². The second-order valence-corrected chi connectivity index (χ2v) is 9.57. The van der Waals surface area contributed by atoms with E-state index < -0.39 is 29.6 Å². The number of anilines is 2. The maximum Gasteiger partial charge on any atom is 0.259 e. The van der Waals surface area contributed by atoms with Crippen LogP contribution in [0.25, 0.3) is 21.7 Å². The zero-order chi connectivity index (χ0) is 26.0. The molecule has 2 aliphatic rings. The highest BCUT2D eigenvalue weighted by atomic mass is 16.3. The van der Waals surface area contributed by atoms with Gasteiger partial charge in [0.1, 0.15) is 23.3 Å². The Morgan fingerprint density at radius 2 is 1.53 bits per heavy atom. The molecule has 0 N–H and O–H groups in total. The van der Waals surface area contributed by atoms with Gasteiger partial charge in [-0.1, -0.05) is 66.2 Å². The molecule has 184 valence electrons. The molecule has 2 amide bonds. The number of carbonyl (C=O) groups is 3. The number of amides is 2. The molecule has 0 bridgehead atoms. The van der Waals surface area contributed by atoms with Crippen LogP contribution in [0.2, 0.25) is 0 Å². The van der Waals surface area contributed by atoms with Crippen LogP contribution in [0, 0.1) is 12.8 Å². The van der Waals surface area contributed by atoms with Crippen LogP contribution in [0.4, 0.5) is 11.4 Å². The molecule has 7 rings (SSSR count). The van der Waals surface area contributed by atoms with Gasteiger partial charge in [-0.3, -0.25) is 19.4 Å². The smallest absolute Gasteiger partial charge is 0.259 e. The molecule has 1 fully saturated rings. The summed E-state index contributed by atoms with van der Waals surface area (Å²) < 4.78 is 5.97. The van der Waals surface area contributed by atoms with Gasteiger partial charge in [0, 0.05) is 5.39 Å². The van der Waals surface area contributed by atoms with Crippen molar-refractivity contribution in [2.45, 2.75) is 13.0 Å². The van der Waals surface area contributed by atoms with Crippen LogP contribution in [-0.4, -0.2) is 29.4 Å². The van der Waals surface area contributed by atoms with Gasteiger partial charge in [-0.2, -0.15) is 5.10 Å². The minimum Gasteiger partial charge on any atom is -0.453 e. The summed E-state index contributed by atoms with van der Waals surface area (Å²) in [4.78, 5) is 42.5. The van der Waals surface area contributed by atoms with Crippen molar-refractivity contribution in [2.75, 3.05) is 9.91 Å². The standard InChI is InChI=1S/C31H21N3O4/c1-18-11-14-20(15-12-18)33-30(36)26-27(32-34(28(26)31(33)37)21-8-3-2-4-9-21)29(35)25-17-23-22-10-6-5-7-19(22)13-16-24(23)38-25/h2-17,26,28H,1H3. The number of nitrogens with zero attached hydrogens (tertiary/aromatic N) is 3. The summed E-state index contributed by atoms with van der Waals surface area (Å²) in [7, 11) is 0. The zero-order valence-electron chi connectivity index (χ0n) is 20.4. The molecule has 1 saturated heterocycles. The lowest BCUT2D eigenvalue weighted by molar-refractivity contribution is -0.121. The number of para-hydroxylation sites is 1. The zero-order valence-corrected chi connectivity index (χ0v) is 20.4. The quantitative estimate of drug-likeness (QED) is 0.241. The number of Topliss-reactive ketones (excluding diaryl/α,β-unsaturated/α-hetero) is 1. The van der Waals surface area contributed by atoms with Crippen molar-refractivity contribution >= 4 is 56.4 Å². The minimum atomic E-state index is -1.05. The van der Waals surface area contributed by atoms with Crippen molar-refractivity contribution < 1.29 is 18.8 Å². The van der Waals surface area contributed by atoms with E-state index in [0.717, 1.165) is 21.7 Å². The second-order valence-electron chi connectivity index (χ2n) is 9.57. The molecule has 7 heteroatoms. The summed E-state index contributed by atoms with van der Waals surface area (Å²) >= 11 is 0. The SMILES string of the molecule is Cc1ccc(N2C(=O)C3C(C(=O)c4cc5c(ccc6ccccc65)o4)=NN(c4ccccc4)C3C2=O)cc1. The number of benzene rings is 4. The molecule has 2 atom stereocenters. The van der Waals surface area contributed by atoms with Crippen molar-refractivity contribution in [3.05, 3.63) is 108 Å². The van der Waals surface area contributed by atoms with E-state index in [-0.39, 0.29) is 11.5 Å². The Kier molecular flexibility index (Phi) is 4.81. The normalized spacial score (nSPS) is 18.9.